The molecule has 1 rings (SSSR count). The Balaban J connectivity index is 2.58. The van der Waals surface area contributed by atoms with E-state index in [1.54, 1.807) is 0 Å². The zero-order chi connectivity index (χ0) is 7.78. The third kappa shape index (κ3) is 1.30. The molecule has 1 fully saturated rings. The second-order valence-corrected chi connectivity index (χ2v) is 3.00. The van der Waals surface area contributed by atoms with Gasteiger partial charge in [0.1, 0.15) is 0 Å². The molecule has 0 aromatic heterocycles. The summed E-state index contributed by atoms with van der Waals surface area (Å²) in [6, 6.07) is 0. The lowest BCUT2D eigenvalue weighted by Crippen LogP contribution is -2.31. The van der Waals surface area contributed by atoms with Crippen molar-refractivity contribution in [3.05, 3.63) is 0 Å². The van der Waals surface area contributed by atoms with E-state index in [4.69, 9.17) is 9.47 Å². The third-order valence-corrected chi connectivity index (χ3v) is 1.75. The largest absolute Gasteiger partial charge is 0.353 e. The van der Waals surface area contributed by atoms with E-state index in [9.17, 15) is 4.39 Å². The zero-order valence-electron chi connectivity index (χ0n) is 6.56. The number of rotatable bonds is 1. The van der Waals surface area contributed by atoms with Crippen LogP contribution in [0.1, 0.15) is 20.3 Å². The Morgan fingerprint density at radius 1 is 1.70 bits per heavy atom. The number of ether oxygens (including phenoxy) is 2. The molecule has 10 heavy (non-hydrogen) atoms. The van der Waals surface area contributed by atoms with Gasteiger partial charge in [0, 0.05) is 13.5 Å². The monoisotopic (exact) mass is 148 g/mol. The molecule has 0 aromatic rings. The van der Waals surface area contributed by atoms with Crippen molar-refractivity contribution < 1.29 is 13.9 Å². The molecule has 0 saturated carbocycles. The van der Waals surface area contributed by atoms with Gasteiger partial charge in [0.05, 0.1) is 6.10 Å². The lowest BCUT2D eigenvalue weighted by Gasteiger charge is -2.18. The molecule has 1 aliphatic rings. The van der Waals surface area contributed by atoms with Crippen LogP contribution < -0.4 is 0 Å². The molecule has 0 bridgehead atoms. The smallest absolute Gasteiger partial charge is 0.191 e. The van der Waals surface area contributed by atoms with Crippen LogP contribution in [-0.4, -0.2) is 25.2 Å². The van der Waals surface area contributed by atoms with E-state index >= 15 is 0 Å². The van der Waals surface area contributed by atoms with E-state index in [1.807, 2.05) is 6.92 Å². The second-order valence-electron chi connectivity index (χ2n) is 3.00. The Labute approximate surface area is 60.3 Å². The van der Waals surface area contributed by atoms with Gasteiger partial charge in [0.2, 0.25) is 0 Å². The average molecular weight is 148 g/mol. The quantitative estimate of drug-likeness (QED) is 0.561. The molecule has 0 radical (unpaired) electrons. The lowest BCUT2D eigenvalue weighted by molar-refractivity contribution is -0.156. The Kier molecular flexibility index (Phi) is 1.97. The first-order chi connectivity index (χ1) is 4.56. The Bertz CT molecular complexity index is 125. The maximum atomic E-state index is 13.3. The summed E-state index contributed by atoms with van der Waals surface area (Å²) < 4.78 is 23.2. The van der Waals surface area contributed by atoms with Crippen molar-refractivity contribution in [1.82, 2.24) is 0 Å². The molecule has 0 N–H and O–H groups in total. The van der Waals surface area contributed by atoms with Crippen LogP contribution in [-0.2, 0) is 9.47 Å². The van der Waals surface area contributed by atoms with Gasteiger partial charge in [-0.1, -0.05) is 0 Å². The van der Waals surface area contributed by atoms with Crippen LogP contribution in [0.5, 0.6) is 0 Å². The number of halogens is 1. The highest BCUT2D eigenvalue weighted by atomic mass is 19.1. The summed E-state index contributed by atoms with van der Waals surface area (Å²) in [4.78, 5) is 0. The van der Waals surface area contributed by atoms with Crippen LogP contribution >= 0.6 is 0 Å². The molecule has 3 atom stereocenters. The molecule has 0 spiro atoms. The Morgan fingerprint density at radius 2 is 2.30 bits per heavy atom. The van der Waals surface area contributed by atoms with Crippen LogP contribution in [0.2, 0.25) is 0 Å². The highest BCUT2D eigenvalue weighted by Crippen LogP contribution is 2.33. The molecule has 0 unspecified atom stereocenters. The SMILES string of the molecule is CO[C@@H]1O[C@H](C)C[C@@]1(C)F. The van der Waals surface area contributed by atoms with Crippen LogP contribution in [0.15, 0.2) is 0 Å². The minimum Gasteiger partial charge on any atom is -0.353 e. The van der Waals surface area contributed by atoms with Gasteiger partial charge in [-0.3, -0.25) is 0 Å². The summed E-state index contributed by atoms with van der Waals surface area (Å²) in [6.45, 7) is 3.35. The summed E-state index contributed by atoms with van der Waals surface area (Å²) in [5.74, 6) is 0. The van der Waals surface area contributed by atoms with E-state index in [-0.39, 0.29) is 6.10 Å². The molecule has 1 heterocycles. The van der Waals surface area contributed by atoms with Crippen LogP contribution in [0, 0.1) is 0 Å². The predicted molar refractivity (Wildman–Crippen MR) is 35.5 cm³/mol. The van der Waals surface area contributed by atoms with Gasteiger partial charge in [-0.25, -0.2) is 4.39 Å². The van der Waals surface area contributed by atoms with Crippen molar-refractivity contribution in [3.8, 4) is 0 Å². The zero-order valence-corrected chi connectivity index (χ0v) is 6.56. The number of methoxy groups -OCH3 is 1. The van der Waals surface area contributed by atoms with Gasteiger partial charge in [-0.05, 0) is 13.8 Å². The third-order valence-electron chi connectivity index (χ3n) is 1.75. The average Bonchev–Trinajstić information content (AvgIpc) is 2.04. The van der Waals surface area contributed by atoms with Gasteiger partial charge in [-0.15, -0.1) is 0 Å². The number of hydrogen-bond donors (Lipinski definition) is 0. The minimum atomic E-state index is -1.31. The van der Waals surface area contributed by atoms with E-state index in [0.717, 1.165) is 0 Å². The van der Waals surface area contributed by atoms with Crippen molar-refractivity contribution >= 4 is 0 Å². The molecular weight excluding hydrogens is 135 g/mol. The van der Waals surface area contributed by atoms with Crippen molar-refractivity contribution in [2.75, 3.05) is 7.11 Å². The molecule has 60 valence electrons. The fourth-order valence-corrected chi connectivity index (χ4v) is 1.36. The topological polar surface area (TPSA) is 18.5 Å². The van der Waals surface area contributed by atoms with Crippen molar-refractivity contribution in [2.45, 2.75) is 38.3 Å². The first kappa shape index (κ1) is 7.95. The first-order valence-electron chi connectivity index (χ1n) is 3.43. The second kappa shape index (κ2) is 2.47. The fraction of sp³-hybridized carbons (Fsp3) is 1.00. The summed E-state index contributed by atoms with van der Waals surface area (Å²) in [5, 5.41) is 0. The van der Waals surface area contributed by atoms with E-state index in [1.165, 1.54) is 14.0 Å². The summed E-state index contributed by atoms with van der Waals surface area (Å²) in [5.41, 5.74) is -1.31. The molecular formula is C7H13FO2. The van der Waals surface area contributed by atoms with Crippen LogP contribution in [0.25, 0.3) is 0 Å². The van der Waals surface area contributed by atoms with Crippen molar-refractivity contribution in [3.63, 3.8) is 0 Å². The maximum Gasteiger partial charge on any atom is 0.191 e. The molecule has 0 aliphatic carbocycles. The lowest BCUT2D eigenvalue weighted by atomic mass is 10.0. The first-order valence-corrected chi connectivity index (χ1v) is 3.43. The fourth-order valence-electron chi connectivity index (χ4n) is 1.36. The van der Waals surface area contributed by atoms with E-state index < -0.39 is 12.0 Å². The molecule has 0 amide bonds. The molecule has 0 aromatic carbocycles. The van der Waals surface area contributed by atoms with Crippen LogP contribution in [0.4, 0.5) is 4.39 Å². The summed E-state index contributed by atoms with van der Waals surface area (Å²) in [7, 11) is 1.46. The van der Waals surface area contributed by atoms with Crippen LogP contribution in [0.3, 0.4) is 0 Å². The number of alkyl halides is 1. The highest BCUT2D eigenvalue weighted by molar-refractivity contribution is 4.86. The molecule has 2 nitrogen and oxygen atoms in total. The summed E-state index contributed by atoms with van der Waals surface area (Å²) >= 11 is 0. The summed E-state index contributed by atoms with van der Waals surface area (Å²) in [6.07, 6.45) is -0.284. The Morgan fingerprint density at radius 3 is 2.50 bits per heavy atom. The minimum absolute atomic E-state index is 0.0278. The van der Waals surface area contributed by atoms with Gasteiger partial charge in [-0.2, -0.15) is 0 Å². The van der Waals surface area contributed by atoms with Gasteiger partial charge >= 0.3 is 0 Å². The maximum absolute atomic E-state index is 13.3. The standard InChI is InChI=1S/C7H13FO2/c1-5-4-7(2,8)6(9-3)10-5/h5-6H,4H2,1-3H3/t5-,6-,7-/m1/s1. The van der Waals surface area contributed by atoms with Gasteiger partial charge in [0.25, 0.3) is 0 Å². The van der Waals surface area contributed by atoms with Crippen molar-refractivity contribution in [2.24, 2.45) is 0 Å². The van der Waals surface area contributed by atoms with E-state index in [2.05, 4.69) is 0 Å². The molecule has 1 aliphatic heterocycles. The molecule has 3 heteroatoms. The predicted octanol–water partition coefficient (Wildman–Crippen LogP) is 1.50. The van der Waals surface area contributed by atoms with E-state index in [0.29, 0.717) is 6.42 Å². The highest BCUT2D eigenvalue weighted by Gasteiger charge is 2.44. The normalized spacial score (nSPS) is 48.0. The molecule has 1 saturated heterocycles. The number of hydrogen-bond acceptors (Lipinski definition) is 2. The van der Waals surface area contributed by atoms with Gasteiger partial charge in [0.15, 0.2) is 12.0 Å². The van der Waals surface area contributed by atoms with Crippen molar-refractivity contribution in [1.29, 1.82) is 0 Å². The Hall–Kier alpha value is -0.150. The van der Waals surface area contributed by atoms with Gasteiger partial charge < -0.3 is 9.47 Å².